The van der Waals surface area contributed by atoms with Gasteiger partial charge in [0.15, 0.2) is 0 Å². The van der Waals surface area contributed by atoms with Crippen LogP contribution in [0.4, 0.5) is 5.69 Å². The van der Waals surface area contributed by atoms with Gasteiger partial charge in [0.1, 0.15) is 11.3 Å². The Hall–Kier alpha value is -1.71. The molecular weight excluding hydrogens is 206 g/mol. The van der Waals surface area contributed by atoms with E-state index >= 15 is 0 Å². The van der Waals surface area contributed by atoms with Crippen molar-refractivity contribution < 1.29 is 14.6 Å². The summed E-state index contributed by atoms with van der Waals surface area (Å²) < 4.78 is 5.30. The van der Waals surface area contributed by atoms with E-state index in [1.165, 1.54) is 0 Å². The first-order chi connectivity index (χ1) is 7.69. The second-order valence-corrected chi connectivity index (χ2v) is 3.38. The van der Waals surface area contributed by atoms with E-state index in [1.54, 1.807) is 18.2 Å². The quantitative estimate of drug-likeness (QED) is 0.778. The van der Waals surface area contributed by atoms with Crippen LogP contribution in [0, 0.1) is 0 Å². The summed E-state index contributed by atoms with van der Waals surface area (Å²) in [4.78, 5) is 10.9. The predicted octanol–water partition coefficient (Wildman–Crippen LogP) is 2.61. The Morgan fingerprint density at radius 3 is 2.75 bits per heavy atom. The summed E-state index contributed by atoms with van der Waals surface area (Å²) in [6.07, 6.45) is 1.02. The van der Waals surface area contributed by atoms with Crippen molar-refractivity contribution >= 4 is 11.7 Å². The highest BCUT2D eigenvalue weighted by Gasteiger charge is 2.11. The zero-order chi connectivity index (χ0) is 12.0. The minimum Gasteiger partial charge on any atom is -0.493 e. The lowest BCUT2D eigenvalue weighted by molar-refractivity contribution is 0.0692. The molecule has 0 saturated carbocycles. The maximum atomic E-state index is 10.9. The molecule has 0 aliphatic rings. The molecule has 1 rings (SSSR count). The molecule has 0 amide bonds. The van der Waals surface area contributed by atoms with Crippen LogP contribution in [-0.4, -0.2) is 24.2 Å². The molecule has 2 N–H and O–H groups in total. The first-order valence-corrected chi connectivity index (χ1v) is 5.43. The lowest BCUT2D eigenvalue weighted by Gasteiger charge is -2.10. The number of hydrogen-bond donors (Lipinski definition) is 2. The predicted molar refractivity (Wildman–Crippen MR) is 63.4 cm³/mol. The maximum absolute atomic E-state index is 10.9. The fourth-order valence-electron chi connectivity index (χ4n) is 1.35. The molecule has 0 radical (unpaired) electrons. The molecule has 0 unspecified atom stereocenters. The smallest absolute Gasteiger partial charge is 0.339 e. The number of nitrogens with one attached hydrogen (secondary N) is 1. The number of benzene rings is 1. The van der Waals surface area contributed by atoms with E-state index in [0.29, 0.717) is 12.4 Å². The van der Waals surface area contributed by atoms with Crippen molar-refractivity contribution in [3.8, 4) is 5.75 Å². The fraction of sp³-hybridized carbons (Fsp3) is 0.417. The van der Waals surface area contributed by atoms with Crippen LogP contribution in [0.1, 0.15) is 30.6 Å². The first-order valence-electron chi connectivity index (χ1n) is 5.43. The van der Waals surface area contributed by atoms with Crippen molar-refractivity contribution in [2.45, 2.75) is 20.3 Å². The number of ether oxygens (including phenoxy) is 1. The van der Waals surface area contributed by atoms with Gasteiger partial charge < -0.3 is 15.2 Å². The Labute approximate surface area is 95.2 Å². The van der Waals surface area contributed by atoms with Gasteiger partial charge in [-0.15, -0.1) is 0 Å². The molecule has 0 aromatic heterocycles. The van der Waals surface area contributed by atoms with E-state index in [-0.39, 0.29) is 5.56 Å². The van der Waals surface area contributed by atoms with E-state index < -0.39 is 5.97 Å². The van der Waals surface area contributed by atoms with E-state index in [4.69, 9.17) is 9.84 Å². The van der Waals surface area contributed by atoms with Crippen molar-refractivity contribution in [1.29, 1.82) is 0 Å². The van der Waals surface area contributed by atoms with Gasteiger partial charge in [-0.05, 0) is 25.5 Å². The topological polar surface area (TPSA) is 58.6 Å². The van der Waals surface area contributed by atoms with Gasteiger partial charge >= 0.3 is 5.97 Å². The molecule has 1 aromatic rings. The highest BCUT2D eigenvalue weighted by Crippen LogP contribution is 2.23. The van der Waals surface area contributed by atoms with Crippen LogP contribution >= 0.6 is 0 Å². The molecule has 0 aliphatic heterocycles. The van der Waals surface area contributed by atoms with Crippen LogP contribution in [0.3, 0.4) is 0 Å². The second-order valence-electron chi connectivity index (χ2n) is 3.38. The standard InChI is InChI=1S/C12H17NO3/c1-3-7-13-9-5-6-10(12(14)15)11(8-9)16-4-2/h5-6,8,13H,3-4,7H2,1-2H3,(H,14,15). The molecule has 0 bridgehead atoms. The zero-order valence-corrected chi connectivity index (χ0v) is 9.62. The Kier molecular flexibility index (Phi) is 4.64. The van der Waals surface area contributed by atoms with Gasteiger partial charge in [-0.25, -0.2) is 4.79 Å². The number of carboxylic acids is 1. The van der Waals surface area contributed by atoms with Gasteiger partial charge in [-0.1, -0.05) is 6.92 Å². The van der Waals surface area contributed by atoms with E-state index in [2.05, 4.69) is 12.2 Å². The number of hydrogen-bond acceptors (Lipinski definition) is 3. The SMILES string of the molecule is CCCNc1ccc(C(=O)O)c(OCC)c1. The third kappa shape index (κ3) is 3.15. The Morgan fingerprint density at radius 2 is 2.19 bits per heavy atom. The van der Waals surface area contributed by atoms with E-state index in [1.807, 2.05) is 6.92 Å². The second kappa shape index (κ2) is 6.00. The highest BCUT2D eigenvalue weighted by molar-refractivity contribution is 5.91. The molecule has 0 fully saturated rings. The molecule has 4 nitrogen and oxygen atoms in total. The number of aromatic carboxylic acids is 1. The lowest BCUT2D eigenvalue weighted by Crippen LogP contribution is -2.05. The van der Waals surface area contributed by atoms with Crippen LogP contribution in [0.5, 0.6) is 5.75 Å². The number of carboxylic acid groups (broad SMARTS) is 1. The van der Waals surface area contributed by atoms with Gasteiger partial charge in [-0.2, -0.15) is 0 Å². The normalized spacial score (nSPS) is 9.88. The number of rotatable bonds is 6. The first kappa shape index (κ1) is 12.4. The van der Waals surface area contributed by atoms with Crippen LogP contribution < -0.4 is 10.1 Å². The monoisotopic (exact) mass is 223 g/mol. The van der Waals surface area contributed by atoms with Crippen LogP contribution in [0.2, 0.25) is 0 Å². The Balaban J connectivity index is 2.92. The van der Waals surface area contributed by atoms with Gasteiger partial charge in [-0.3, -0.25) is 0 Å². The summed E-state index contributed by atoms with van der Waals surface area (Å²) >= 11 is 0. The maximum Gasteiger partial charge on any atom is 0.339 e. The number of carbonyl (C=O) groups is 1. The molecule has 0 heterocycles. The fourth-order valence-corrected chi connectivity index (χ4v) is 1.35. The van der Waals surface area contributed by atoms with Gasteiger partial charge in [0.05, 0.1) is 6.61 Å². The largest absolute Gasteiger partial charge is 0.493 e. The lowest BCUT2D eigenvalue weighted by atomic mass is 10.2. The van der Waals surface area contributed by atoms with Gasteiger partial charge in [0, 0.05) is 18.3 Å². The molecule has 0 atom stereocenters. The van der Waals surface area contributed by atoms with E-state index in [0.717, 1.165) is 18.7 Å². The van der Waals surface area contributed by atoms with Crippen LogP contribution in [0.15, 0.2) is 18.2 Å². The summed E-state index contributed by atoms with van der Waals surface area (Å²) in [5, 5.41) is 12.1. The van der Waals surface area contributed by atoms with Crippen molar-refractivity contribution in [1.82, 2.24) is 0 Å². The average molecular weight is 223 g/mol. The van der Waals surface area contributed by atoms with Crippen molar-refractivity contribution in [3.05, 3.63) is 23.8 Å². The van der Waals surface area contributed by atoms with Crippen molar-refractivity contribution in [3.63, 3.8) is 0 Å². The van der Waals surface area contributed by atoms with Gasteiger partial charge in [0.2, 0.25) is 0 Å². The third-order valence-corrected chi connectivity index (χ3v) is 2.09. The molecule has 0 saturated heterocycles. The summed E-state index contributed by atoms with van der Waals surface area (Å²) in [6, 6.07) is 5.04. The Morgan fingerprint density at radius 1 is 1.44 bits per heavy atom. The molecule has 88 valence electrons. The molecule has 1 aromatic carbocycles. The average Bonchev–Trinajstić information content (AvgIpc) is 2.26. The zero-order valence-electron chi connectivity index (χ0n) is 9.62. The van der Waals surface area contributed by atoms with E-state index in [9.17, 15) is 4.79 Å². The molecular formula is C12H17NO3. The van der Waals surface area contributed by atoms with Crippen LogP contribution in [-0.2, 0) is 0 Å². The third-order valence-electron chi connectivity index (χ3n) is 2.09. The van der Waals surface area contributed by atoms with Crippen molar-refractivity contribution in [2.24, 2.45) is 0 Å². The molecule has 4 heteroatoms. The summed E-state index contributed by atoms with van der Waals surface area (Å²) in [5.41, 5.74) is 1.08. The molecule has 0 aliphatic carbocycles. The summed E-state index contributed by atoms with van der Waals surface area (Å²) in [6.45, 7) is 5.22. The molecule has 0 spiro atoms. The molecule has 16 heavy (non-hydrogen) atoms. The minimum atomic E-state index is -0.967. The number of anilines is 1. The van der Waals surface area contributed by atoms with Crippen LogP contribution in [0.25, 0.3) is 0 Å². The Bertz CT molecular complexity index is 363. The summed E-state index contributed by atoms with van der Waals surface area (Å²) in [5.74, 6) is -0.554. The van der Waals surface area contributed by atoms with Gasteiger partial charge in [0.25, 0.3) is 0 Å². The van der Waals surface area contributed by atoms with Crippen molar-refractivity contribution in [2.75, 3.05) is 18.5 Å². The summed E-state index contributed by atoms with van der Waals surface area (Å²) in [7, 11) is 0. The minimum absolute atomic E-state index is 0.198. The highest BCUT2D eigenvalue weighted by atomic mass is 16.5.